The van der Waals surface area contributed by atoms with Gasteiger partial charge in [0.2, 0.25) is 0 Å². The smallest absolute Gasteiger partial charge is 0.356 e. The second kappa shape index (κ2) is 5.22. The van der Waals surface area contributed by atoms with Crippen molar-refractivity contribution in [3.8, 4) is 0 Å². The van der Waals surface area contributed by atoms with Crippen molar-refractivity contribution in [2.24, 2.45) is 0 Å². The molecule has 0 radical (unpaired) electrons. The Kier molecular flexibility index (Phi) is 3.47. The van der Waals surface area contributed by atoms with Crippen molar-refractivity contribution >= 4 is 11.8 Å². The molecule has 6 nitrogen and oxygen atoms in total. The minimum atomic E-state index is -1.08. The van der Waals surface area contributed by atoms with Gasteiger partial charge in [0.15, 0.2) is 5.69 Å². The molecule has 0 amide bonds. The molecule has 0 aliphatic heterocycles. The first-order valence-corrected chi connectivity index (χ1v) is 5.32. The van der Waals surface area contributed by atoms with E-state index in [1.165, 1.54) is 12.4 Å². The lowest BCUT2D eigenvalue weighted by atomic mass is 10.2. The fourth-order valence-corrected chi connectivity index (χ4v) is 1.47. The summed E-state index contributed by atoms with van der Waals surface area (Å²) in [5.41, 5.74) is 1.03. The monoisotopic (exact) mass is 244 g/mol. The molecule has 0 atom stereocenters. The Morgan fingerprint density at radius 3 is 2.56 bits per heavy atom. The van der Waals surface area contributed by atoms with Crippen molar-refractivity contribution < 1.29 is 9.90 Å². The summed E-state index contributed by atoms with van der Waals surface area (Å²) in [7, 11) is 1.87. The van der Waals surface area contributed by atoms with Crippen LogP contribution in [0.15, 0.2) is 36.9 Å². The van der Waals surface area contributed by atoms with Crippen LogP contribution in [-0.4, -0.2) is 33.1 Å². The van der Waals surface area contributed by atoms with Crippen LogP contribution in [0.3, 0.4) is 0 Å². The summed E-state index contributed by atoms with van der Waals surface area (Å²) in [6.07, 6.45) is 6.15. The van der Waals surface area contributed by atoms with Crippen molar-refractivity contribution in [3.05, 3.63) is 48.2 Å². The average Bonchev–Trinajstić information content (AvgIpc) is 2.40. The molecule has 0 bridgehead atoms. The highest BCUT2D eigenvalue weighted by atomic mass is 16.4. The molecule has 0 aliphatic carbocycles. The summed E-state index contributed by atoms with van der Waals surface area (Å²) in [6.45, 7) is 0.656. The Labute approximate surface area is 104 Å². The minimum absolute atomic E-state index is 0.0592. The van der Waals surface area contributed by atoms with Gasteiger partial charge in [-0.25, -0.2) is 14.8 Å². The molecule has 6 heteroatoms. The molecule has 0 spiro atoms. The number of carboxylic acid groups (broad SMARTS) is 1. The van der Waals surface area contributed by atoms with Crippen molar-refractivity contribution in [3.63, 3.8) is 0 Å². The molecule has 1 N–H and O–H groups in total. The van der Waals surface area contributed by atoms with E-state index in [-0.39, 0.29) is 5.69 Å². The van der Waals surface area contributed by atoms with Gasteiger partial charge in [-0.1, -0.05) is 0 Å². The third-order valence-electron chi connectivity index (χ3n) is 2.42. The summed E-state index contributed by atoms with van der Waals surface area (Å²) in [4.78, 5) is 24.4. The van der Waals surface area contributed by atoms with E-state index in [9.17, 15) is 4.79 Å². The van der Waals surface area contributed by atoms with E-state index in [0.717, 1.165) is 5.56 Å². The van der Waals surface area contributed by atoms with Crippen LogP contribution in [0.2, 0.25) is 0 Å². The fraction of sp³-hybridized carbons (Fsp3) is 0.167. The van der Waals surface area contributed by atoms with Crippen LogP contribution in [0.5, 0.6) is 0 Å². The first kappa shape index (κ1) is 12.0. The first-order valence-electron chi connectivity index (χ1n) is 5.32. The highest BCUT2D eigenvalue weighted by molar-refractivity contribution is 5.84. The van der Waals surface area contributed by atoms with Crippen LogP contribution in [0.25, 0.3) is 0 Å². The molecule has 0 aromatic carbocycles. The quantitative estimate of drug-likeness (QED) is 0.870. The number of aromatic carboxylic acids is 1. The molecular formula is C12H12N4O2. The summed E-state index contributed by atoms with van der Waals surface area (Å²) >= 11 is 0. The highest BCUT2D eigenvalue weighted by Gasteiger charge is 2.07. The van der Waals surface area contributed by atoms with E-state index in [4.69, 9.17) is 5.11 Å². The van der Waals surface area contributed by atoms with Crippen molar-refractivity contribution in [2.45, 2.75) is 6.54 Å². The Balaban J connectivity index is 2.09. The number of carboxylic acids is 1. The van der Waals surface area contributed by atoms with E-state index >= 15 is 0 Å². The predicted molar refractivity (Wildman–Crippen MR) is 65.3 cm³/mol. The Hall–Kier alpha value is -2.50. The highest BCUT2D eigenvalue weighted by Crippen LogP contribution is 2.10. The third-order valence-corrected chi connectivity index (χ3v) is 2.42. The molecule has 0 fully saturated rings. The lowest BCUT2D eigenvalue weighted by Crippen LogP contribution is -2.18. The third kappa shape index (κ3) is 2.79. The standard InChI is InChI=1S/C12H12N4O2/c1-16(8-9-2-4-13-5-3-9)11-7-14-10(6-15-11)12(17)18/h2-7H,8H2,1H3,(H,17,18). The van der Waals surface area contributed by atoms with Gasteiger partial charge in [-0.15, -0.1) is 0 Å². The summed E-state index contributed by atoms with van der Waals surface area (Å²) in [5.74, 6) is -0.456. The lowest BCUT2D eigenvalue weighted by Gasteiger charge is -2.17. The van der Waals surface area contributed by atoms with Gasteiger partial charge < -0.3 is 10.0 Å². The molecule has 0 saturated carbocycles. The van der Waals surface area contributed by atoms with Gasteiger partial charge in [0.05, 0.1) is 12.4 Å². The van der Waals surface area contributed by atoms with Crippen LogP contribution < -0.4 is 4.90 Å². The Morgan fingerprint density at radius 1 is 1.28 bits per heavy atom. The zero-order chi connectivity index (χ0) is 13.0. The fourth-order valence-electron chi connectivity index (χ4n) is 1.47. The molecule has 2 rings (SSSR count). The molecule has 0 saturated heterocycles. The van der Waals surface area contributed by atoms with E-state index in [2.05, 4.69) is 15.0 Å². The molecular weight excluding hydrogens is 232 g/mol. The number of nitrogens with zero attached hydrogens (tertiary/aromatic N) is 4. The minimum Gasteiger partial charge on any atom is -0.476 e. The van der Waals surface area contributed by atoms with Crippen molar-refractivity contribution in [1.29, 1.82) is 0 Å². The molecule has 0 aliphatic rings. The first-order chi connectivity index (χ1) is 8.66. The number of rotatable bonds is 4. The van der Waals surface area contributed by atoms with E-state index in [0.29, 0.717) is 12.4 Å². The number of anilines is 1. The van der Waals surface area contributed by atoms with Gasteiger partial charge in [0.1, 0.15) is 5.82 Å². The van der Waals surface area contributed by atoms with E-state index in [1.54, 1.807) is 12.4 Å². The lowest BCUT2D eigenvalue weighted by molar-refractivity contribution is 0.0690. The maximum absolute atomic E-state index is 10.7. The largest absolute Gasteiger partial charge is 0.476 e. The second-order valence-corrected chi connectivity index (χ2v) is 3.78. The maximum Gasteiger partial charge on any atom is 0.356 e. The number of pyridine rings is 1. The van der Waals surface area contributed by atoms with Crippen LogP contribution in [-0.2, 0) is 6.54 Å². The van der Waals surface area contributed by atoms with E-state index in [1.807, 2.05) is 24.1 Å². The number of carbonyl (C=O) groups is 1. The Morgan fingerprint density at radius 2 is 2.00 bits per heavy atom. The maximum atomic E-state index is 10.7. The summed E-state index contributed by atoms with van der Waals surface area (Å²) < 4.78 is 0. The second-order valence-electron chi connectivity index (χ2n) is 3.78. The van der Waals surface area contributed by atoms with Crippen molar-refractivity contribution in [1.82, 2.24) is 15.0 Å². The molecule has 92 valence electrons. The van der Waals surface area contributed by atoms with E-state index < -0.39 is 5.97 Å². The molecule has 2 heterocycles. The molecule has 18 heavy (non-hydrogen) atoms. The van der Waals surface area contributed by atoms with Crippen LogP contribution in [0.1, 0.15) is 16.1 Å². The van der Waals surface area contributed by atoms with Crippen LogP contribution >= 0.6 is 0 Å². The SMILES string of the molecule is CN(Cc1ccncc1)c1cnc(C(=O)O)cn1. The Bertz CT molecular complexity index is 528. The molecule has 2 aromatic rings. The van der Waals surface area contributed by atoms with Gasteiger partial charge in [-0.05, 0) is 17.7 Å². The molecule has 0 unspecified atom stereocenters. The summed E-state index contributed by atoms with van der Waals surface area (Å²) in [5, 5.41) is 8.73. The van der Waals surface area contributed by atoms with Crippen LogP contribution in [0, 0.1) is 0 Å². The van der Waals surface area contributed by atoms with Gasteiger partial charge >= 0.3 is 5.97 Å². The zero-order valence-electron chi connectivity index (χ0n) is 9.82. The average molecular weight is 244 g/mol. The van der Waals surface area contributed by atoms with Gasteiger partial charge in [-0.2, -0.15) is 0 Å². The number of aromatic nitrogens is 3. The molecule has 2 aromatic heterocycles. The zero-order valence-corrected chi connectivity index (χ0v) is 9.82. The predicted octanol–water partition coefficient (Wildman–Crippen LogP) is 1.21. The number of hydrogen-bond donors (Lipinski definition) is 1. The number of hydrogen-bond acceptors (Lipinski definition) is 5. The topological polar surface area (TPSA) is 79.2 Å². The van der Waals surface area contributed by atoms with Gasteiger partial charge in [-0.3, -0.25) is 4.98 Å². The normalized spacial score (nSPS) is 10.1. The van der Waals surface area contributed by atoms with Crippen molar-refractivity contribution in [2.75, 3.05) is 11.9 Å². The van der Waals surface area contributed by atoms with Gasteiger partial charge in [0, 0.05) is 26.0 Å². The van der Waals surface area contributed by atoms with Crippen LogP contribution in [0.4, 0.5) is 5.82 Å². The van der Waals surface area contributed by atoms with Gasteiger partial charge in [0.25, 0.3) is 0 Å². The summed E-state index contributed by atoms with van der Waals surface area (Å²) in [6, 6.07) is 3.82.